The molecule has 0 spiro atoms. The zero-order chi connectivity index (χ0) is 11.4. The zero-order valence-corrected chi connectivity index (χ0v) is 18.8. The average Bonchev–Trinajstić information content (AvgIpc) is 2.19. The van der Waals surface area contributed by atoms with Gasteiger partial charge in [-0.1, -0.05) is 49.9 Å². The minimum absolute atomic E-state index is 0. The van der Waals surface area contributed by atoms with E-state index in [4.69, 9.17) is 22.1 Å². The first-order valence-electron chi connectivity index (χ1n) is 4.74. The summed E-state index contributed by atoms with van der Waals surface area (Å²) in [4.78, 5) is 0. The molecule has 0 bridgehead atoms. The molecule has 0 heterocycles. The zero-order valence-electron chi connectivity index (χ0n) is 12.5. The van der Waals surface area contributed by atoms with Gasteiger partial charge in [-0.05, 0) is 11.8 Å². The minimum atomic E-state index is 0. The topological polar surface area (TPSA) is 18.5 Å². The summed E-state index contributed by atoms with van der Waals surface area (Å²) in [6, 6.07) is 0. The minimum Gasteiger partial charge on any atom is -1.00 e. The van der Waals surface area contributed by atoms with Crippen LogP contribution >= 0.6 is 22.6 Å². The number of methoxy groups -OCH3 is 2. The number of alkyl halides is 1. The quantitative estimate of drug-likeness (QED) is 0.117. The molecule has 8 heteroatoms. The van der Waals surface area contributed by atoms with Crippen LogP contribution in [0.3, 0.4) is 0 Å². The Morgan fingerprint density at radius 3 is 1.44 bits per heavy atom. The molecule has 104 valence electrons. The molecule has 0 saturated carbocycles. The molecule has 0 aliphatic carbocycles. The van der Waals surface area contributed by atoms with E-state index in [1.807, 2.05) is 0 Å². The Morgan fingerprint density at radius 2 is 1.33 bits per heavy atom. The van der Waals surface area contributed by atoms with E-state index < -0.39 is 0 Å². The van der Waals surface area contributed by atoms with Crippen molar-refractivity contribution in [2.45, 2.75) is 13.8 Å². The van der Waals surface area contributed by atoms with E-state index >= 15 is 0 Å². The number of halogens is 2. The third-order valence-electron chi connectivity index (χ3n) is 1.45. The first-order chi connectivity index (χ1) is 6.62. The predicted octanol–water partition coefficient (Wildman–Crippen LogP) is -7.27. The van der Waals surface area contributed by atoms with Gasteiger partial charge < -0.3 is 46.1 Å². The van der Waals surface area contributed by atoms with Crippen molar-refractivity contribution in [1.82, 2.24) is 0 Å². The molecule has 0 radical (unpaired) electrons. The van der Waals surface area contributed by atoms with Crippen molar-refractivity contribution >= 4 is 48.7 Å². The van der Waals surface area contributed by atoms with Gasteiger partial charge in [0.1, 0.15) is 0 Å². The fourth-order valence-corrected chi connectivity index (χ4v) is 1.01. The number of hydrogen-bond acceptors (Lipinski definition) is 3. The van der Waals surface area contributed by atoms with Crippen LogP contribution in [-0.4, -0.2) is 37.6 Å². The maximum atomic E-state index is 4.89. The molecule has 0 aliphatic heterocycles. The van der Waals surface area contributed by atoms with Crippen molar-refractivity contribution < 1.29 is 71.2 Å². The molecule has 0 fully saturated rings. The molecule has 0 amide bonds. The fourth-order valence-electron chi connectivity index (χ4n) is 0.662. The number of rotatable bonds is 6. The van der Waals surface area contributed by atoms with E-state index in [9.17, 15) is 0 Å². The maximum absolute atomic E-state index is 4.89. The second-order valence-electron chi connectivity index (χ2n) is 3.44. The average molecular weight is 509 g/mol. The predicted molar refractivity (Wildman–Crippen MR) is 84.7 cm³/mol. The van der Waals surface area contributed by atoms with Crippen molar-refractivity contribution in [3.63, 3.8) is 0 Å². The summed E-state index contributed by atoms with van der Waals surface area (Å²) >= 11 is 7.12. The van der Waals surface area contributed by atoms with Crippen molar-refractivity contribution in [1.29, 1.82) is 0 Å². The maximum Gasteiger partial charge on any atom is 1.00 e. The Bertz CT molecular complexity index is 108. The molecule has 18 heavy (non-hydrogen) atoms. The molecular weight excluding hydrogens is 484 g/mol. The monoisotopic (exact) mass is 509 g/mol. The normalized spacial score (nSPS) is 11.0. The summed E-state index contributed by atoms with van der Waals surface area (Å²) in [7, 11) is 3.43. The SMILES string of the molecule is COCC(C)CI.COCC(C)C[S-].[I-].[Li+].[Li+].[SH3+]. The van der Waals surface area contributed by atoms with Crippen molar-refractivity contribution in [3.8, 4) is 0 Å². The van der Waals surface area contributed by atoms with E-state index in [2.05, 4.69) is 36.4 Å². The van der Waals surface area contributed by atoms with E-state index in [0.29, 0.717) is 11.8 Å². The Labute approximate surface area is 181 Å². The largest absolute Gasteiger partial charge is 1.00 e. The standard InChI is InChI=1S/C5H11IO.C5H12OS.HI.2Li.H2S/c1-5(3-6)4-7-2;1-5(4-7)3-6-2;;;;/h5H,3-4H2,1-2H3;5,7H,3-4H2,1-2H3;1H;;;1H2/q;;;2*+1;/p-1. The molecule has 0 saturated heterocycles. The van der Waals surface area contributed by atoms with E-state index in [-0.39, 0.29) is 75.2 Å². The smallest absolute Gasteiger partial charge is 1.00 e. The molecule has 0 N–H and O–H groups in total. The molecule has 0 aromatic heterocycles. The van der Waals surface area contributed by atoms with Gasteiger partial charge in [0.15, 0.2) is 0 Å². The van der Waals surface area contributed by atoms with Crippen LogP contribution in [-0.2, 0) is 35.6 Å². The van der Waals surface area contributed by atoms with Crippen LogP contribution < -0.4 is 61.7 Å². The summed E-state index contributed by atoms with van der Waals surface area (Å²) in [6.07, 6.45) is 0. The second kappa shape index (κ2) is 32.3. The number of hydrogen-bond donors (Lipinski definition) is 0. The third kappa shape index (κ3) is 36.5. The van der Waals surface area contributed by atoms with E-state index in [1.165, 1.54) is 4.43 Å². The summed E-state index contributed by atoms with van der Waals surface area (Å²) in [5.74, 6) is 2.05. The Morgan fingerprint density at radius 1 is 1.00 bits per heavy atom. The van der Waals surface area contributed by atoms with Gasteiger partial charge in [-0.2, -0.15) is 5.75 Å². The van der Waals surface area contributed by atoms with E-state index in [0.717, 1.165) is 19.0 Å². The van der Waals surface area contributed by atoms with Gasteiger partial charge in [-0.25, -0.2) is 0 Å². The molecule has 0 rings (SSSR count). The van der Waals surface area contributed by atoms with Gasteiger partial charge in [0.2, 0.25) is 0 Å². The van der Waals surface area contributed by atoms with Crippen LogP contribution in [0.25, 0.3) is 0 Å². The third-order valence-corrected chi connectivity index (χ3v) is 3.52. The molecule has 2 unspecified atom stereocenters. The van der Waals surface area contributed by atoms with Crippen molar-refractivity contribution in [2.75, 3.05) is 37.6 Å². The van der Waals surface area contributed by atoms with Crippen LogP contribution in [0.1, 0.15) is 13.8 Å². The fraction of sp³-hybridized carbons (Fsp3) is 1.00. The van der Waals surface area contributed by atoms with Crippen LogP contribution in [0.5, 0.6) is 0 Å². The van der Waals surface area contributed by atoms with E-state index in [1.54, 1.807) is 14.2 Å². The first-order valence-corrected chi connectivity index (χ1v) is 6.84. The Balaban J connectivity index is -0.0000000327. The molecule has 0 aromatic carbocycles. The van der Waals surface area contributed by atoms with Crippen LogP contribution in [0.15, 0.2) is 0 Å². The summed E-state index contributed by atoms with van der Waals surface area (Å²) < 4.78 is 10.9. The molecule has 2 nitrogen and oxygen atoms in total. The van der Waals surface area contributed by atoms with Crippen molar-refractivity contribution in [2.24, 2.45) is 11.8 Å². The van der Waals surface area contributed by atoms with Gasteiger partial charge in [-0.3, -0.25) is 0 Å². The van der Waals surface area contributed by atoms with Gasteiger partial charge in [0, 0.05) is 31.9 Å². The molecular formula is C10H25I2Li2O2S2+. The summed E-state index contributed by atoms with van der Waals surface area (Å²) in [5, 5.41) is 0. The van der Waals surface area contributed by atoms with Crippen LogP contribution in [0.4, 0.5) is 0 Å². The molecule has 2 atom stereocenters. The summed E-state index contributed by atoms with van der Waals surface area (Å²) in [6.45, 7) is 5.94. The molecule has 0 aromatic rings. The second-order valence-corrected chi connectivity index (χ2v) is 4.66. The molecule has 0 aliphatic rings. The summed E-state index contributed by atoms with van der Waals surface area (Å²) in [5.41, 5.74) is 0. The van der Waals surface area contributed by atoms with Crippen molar-refractivity contribution in [3.05, 3.63) is 0 Å². The first kappa shape index (κ1) is 37.5. The van der Waals surface area contributed by atoms with Gasteiger partial charge >= 0.3 is 37.7 Å². The van der Waals surface area contributed by atoms with Gasteiger partial charge in [0.25, 0.3) is 0 Å². The number of ether oxygens (including phenoxy) is 2. The van der Waals surface area contributed by atoms with Gasteiger partial charge in [0.05, 0.1) is 0 Å². The Kier molecular flexibility index (Phi) is 67.2. The van der Waals surface area contributed by atoms with Gasteiger partial charge in [-0.15, -0.1) is 0 Å². The van der Waals surface area contributed by atoms with Crippen LogP contribution in [0.2, 0.25) is 0 Å². The Hall–Kier alpha value is 3.27. The van der Waals surface area contributed by atoms with Crippen LogP contribution in [0, 0.1) is 11.8 Å².